The van der Waals surface area contributed by atoms with Crippen molar-refractivity contribution < 1.29 is 14.7 Å². The van der Waals surface area contributed by atoms with Crippen molar-refractivity contribution in [1.29, 1.82) is 0 Å². The van der Waals surface area contributed by atoms with E-state index in [2.05, 4.69) is 32.2 Å². The minimum absolute atomic E-state index is 0.135. The molecule has 2 N–H and O–H groups in total. The van der Waals surface area contributed by atoms with Crippen LogP contribution in [0.5, 0.6) is 0 Å². The zero-order chi connectivity index (χ0) is 14.6. The van der Waals surface area contributed by atoms with Gasteiger partial charge in [0.05, 0.1) is 0 Å². The van der Waals surface area contributed by atoms with Crippen molar-refractivity contribution in [3.05, 3.63) is 11.6 Å². The van der Waals surface area contributed by atoms with E-state index in [-0.39, 0.29) is 11.4 Å². The lowest BCUT2D eigenvalue weighted by Gasteiger charge is -2.32. The summed E-state index contributed by atoms with van der Waals surface area (Å²) in [6, 6.07) is -1.10. The lowest BCUT2D eigenvalue weighted by atomic mass is 9.83. The molecule has 0 saturated carbocycles. The van der Waals surface area contributed by atoms with Gasteiger partial charge in [-0.1, -0.05) is 39.3 Å². The van der Waals surface area contributed by atoms with Crippen LogP contribution in [0.1, 0.15) is 40.5 Å². The van der Waals surface area contributed by atoms with Crippen molar-refractivity contribution in [3.63, 3.8) is 0 Å². The SMILES string of the molecule is CC[C@H](NC(=O)N1CC=C(C(C)(C)C)CC1)C(=O)O. The van der Waals surface area contributed by atoms with E-state index in [1.807, 2.05) is 0 Å². The summed E-state index contributed by atoms with van der Waals surface area (Å²) in [5.41, 5.74) is 1.48. The summed E-state index contributed by atoms with van der Waals surface area (Å²) in [5.74, 6) is -0.987. The van der Waals surface area contributed by atoms with Gasteiger partial charge in [-0.05, 0) is 18.3 Å². The van der Waals surface area contributed by atoms with Gasteiger partial charge in [-0.3, -0.25) is 0 Å². The van der Waals surface area contributed by atoms with Crippen LogP contribution in [0.15, 0.2) is 11.6 Å². The molecule has 0 aromatic rings. The van der Waals surface area contributed by atoms with Gasteiger partial charge >= 0.3 is 12.0 Å². The van der Waals surface area contributed by atoms with Crippen LogP contribution in [-0.4, -0.2) is 41.1 Å². The molecule has 1 aliphatic heterocycles. The number of carbonyl (C=O) groups excluding carboxylic acids is 1. The van der Waals surface area contributed by atoms with Gasteiger partial charge in [-0.25, -0.2) is 9.59 Å². The Morgan fingerprint density at radius 1 is 1.47 bits per heavy atom. The quantitative estimate of drug-likeness (QED) is 0.771. The molecule has 1 heterocycles. The van der Waals surface area contributed by atoms with E-state index in [0.29, 0.717) is 19.5 Å². The molecule has 1 rings (SSSR count). The van der Waals surface area contributed by atoms with Crippen molar-refractivity contribution in [2.24, 2.45) is 5.41 Å². The number of aliphatic carboxylic acids is 1. The van der Waals surface area contributed by atoms with Crippen molar-refractivity contribution in [1.82, 2.24) is 10.2 Å². The van der Waals surface area contributed by atoms with Crippen LogP contribution in [-0.2, 0) is 4.79 Å². The highest BCUT2D eigenvalue weighted by Gasteiger charge is 2.25. The Hall–Kier alpha value is -1.52. The van der Waals surface area contributed by atoms with Crippen molar-refractivity contribution in [2.75, 3.05) is 13.1 Å². The van der Waals surface area contributed by atoms with Gasteiger partial charge in [0.15, 0.2) is 0 Å². The first-order valence-electron chi connectivity index (χ1n) is 6.73. The third-order valence-electron chi connectivity index (χ3n) is 3.46. The predicted octanol–water partition coefficient (Wildman–Crippen LogP) is 2.24. The molecule has 5 nitrogen and oxygen atoms in total. The van der Waals surface area contributed by atoms with E-state index in [9.17, 15) is 9.59 Å². The zero-order valence-electron chi connectivity index (χ0n) is 12.2. The van der Waals surface area contributed by atoms with Crippen molar-refractivity contribution >= 4 is 12.0 Å². The summed E-state index contributed by atoms with van der Waals surface area (Å²) in [7, 11) is 0. The van der Waals surface area contributed by atoms with Gasteiger partial charge in [-0.15, -0.1) is 0 Å². The van der Waals surface area contributed by atoms with E-state index in [4.69, 9.17) is 5.11 Å². The molecule has 108 valence electrons. The van der Waals surface area contributed by atoms with Gasteiger partial charge < -0.3 is 15.3 Å². The molecule has 0 aromatic heterocycles. The molecule has 1 atom stereocenters. The van der Waals surface area contributed by atoms with Crippen LogP contribution >= 0.6 is 0 Å². The molecule has 0 bridgehead atoms. The number of urea groups is 1. The molecule has 5 heteroatoms. The minimum Gasteiger partial charge on any atom is -0.480 e. The minimum atomic E-state index is -0.987. The number of rotatable bonds is 3. The molecule has 19 heavy (non-hydrogen) atoms. The average molecular weight is 268 g/mol. The van der Waals surface area contributed by atoms with Crippen molar-refractivity contribution in [2.45, 2.75) is 46.6 Å². The lowest BCUT2D eigenvalue weighted by Crippen LogP contribution is -2.49. The molecule has 0 aliphatic carbocycles. The standard InChI is InChI=1S/C14H24N2O3/c1-5-11(12(17)18)15-13(19)16-8-6-10(7-9-16)14(2,3)4/h6,11H,5,7-9H2,1-4H3,(H,15,19)(H,17,18)/t11-/m0/s1. The van der Waals surface area contributed by atoms with Gasteiger partial charge in [0, 0.05) is 13.1 Å². The maximum atomic E-state index is 12.0. The summed E-state index contributed by atoms with van der Waals surface area (Å²) in [5, 5.41) is 11.5. The number of amides is 2. The van der Waals surface area contributed by atoms with Crippen LogP contribution in [0, 0.1) is 5.41 Å². The van der Waals surface area contributed by atoms with Gasteiger partial charge in [0.25, 0.3) is 0 Å². The van der Waals surface area contributed by atoms with Crippen LogP contribution in [0.3, 0.4) is 0 Å². The van der Waals surface area contributed by atoms with Gasteiger partial charge in [-0.2, -0.15) is 0 Å². The summed E-state index contributed by atoms with van der Waals surface area (Å²) < 4.78 is 0. The number of carboxylic acids is 1. The first-order valence-corrected chi connectivity index (χ1v) is 6.73. The number of nitrogens with one attached hydrogen (secondary N) is 1. The highest BCUT2D eigenvalue weighted by molar-refractivity contribution is 5.82. The second-order valence-electron chi connectivity index (χ2n) is 5.92. The molecule has 0 aromatic carbocycles. The molecule has 0 unspecified atom stereocenters. The summed E-state index contributed by atoms with van der Waals surface area (Å²) >= 11 is 0. The Morgan fingerprint density at radius 3 is 2.47 bits per heavy atom. The molecule has 0 spiro atoms. The Labute approximate surface area is 114 Å². The Bertz CT molecular complexity index is 383. The number of hydrogen-bond donors (Lipinski definition) is 2. The van der Waals surface area contributed by atoms with Crippen LogP contribution in [0.4, 0.5) is 4.79 Å². The Balaban J connectivity index is 2.58. The highest BCUT2D eigenvalue weighted by Crippen LogP contribution is 2.29. The first kappa shape index (κ1) is 15.5. The lowest BCUT2D eigenvalue weighted by molar-refractivity contribution is -0.139. The highest BCUT2D eigenvalue weighted by atomic mass is 16.4. The maximum Gasteiger partial charge on any atom is 0.326 e. The third kappa shape index (κ3) is 4.26. The second-order valence-corrected chi connectivity index (χ2v) is 5.92. The summed E-state index contributed by atoms with van der Waals surface area (Å²) in [4.78, 5) is 24.5. The molecule has 2 amide bonds. The largest absolute Gasteiger partial charge is 0.480 e. The van der Waals surface area contributed by atoms with Gasteiger partial charge in [0.2, 0.25) is 0 Å². The number of carbonyl (C=O) groups is 2. The Kier molecular flexibility index (Phi) is 4.97. The molecule has 0 radical (unpaired) electrons. The van der Waals surface area contributed by atoms with E-state index in [1.165, 1.54) is 5.57 Å². The fourth-order valence-electron chi connectivity index (χ4n) is 2.11. The van der Waals surface area contributed by atoms with E-state index >= 15 is 0 Å². The average Bonchev–Trinajstić information content (AvgIpc) is 2.34. The van der Waals surface area contributed by atoms with Crippen LogP contribution in [0.25, 0.3) is 0 Å². The fraction of sp³-hybridized carbons (Fsp3) is 0.714. The monoisotopic (exact) mass is 268 g/mol. The van der Waals surface area contributed by atoms with E-state index < -0.39 is 12.0 Å². The Morgan fingerprint density at radius 2 is 2.11 bits per heavy atom. The van der Waals surface area contributed by atoms with E-state index in [0.717, 1.165) is 6.42 Å². The zero-order valence-corrected chi connectivity index (χ0v) is 12.2. The van der Waals surface area contributed by atoms with Crippen LogP contribution in [0.2, 0.25) is 0 Å². The molecule has 0 saturated heterocycles. The topological polar surface area (TPSA) is 69.6 Å². The number of carboxylic acid groups (broad SMARTS) is 1. The second kappa shape index (κ2) is 6.08. The van der Waals surface area contributed by atoms with Crippen LogP contribution < -0.4 is 5.32 Å². The molecular weight excluding hydrogens is 244 g/mol. The molecular formula is C14H24N2O3. The normalized spacial score (nSPS) is 17.7. The fourth-order valence-corrected chi connectivity index (χ4v) is 2.11. The molecule has 1 aliphatic rings. The molecule has 0 fully saturated rings. The summed E-state index contributed by atoms with van der Waals surface area (Å²) in [6.07, 6.45) is 3.31. The van der Waals surface area contributed by atoms with Gasteiger partial charge in [0.1, 0.15) is 6.04 Å². The van der Waals surface area contributed by atoms with Crippen molar-refractivity contribution in [3.8, 4) is 0 Å². The number of hydrogen-bond acceptors (Lipinski definition) is 2. The van der Waals surface area contributed by atoms with E-state index in [1.54, 1.807) is 11.8 Å². The predicted molar refractivity (Wildman–Crippen MR) is 74.0 cm³/mol. The smallest absolute Gasteiger partial charge is 0.326 e. The first-order chi connectivity index (χ1) is 8.75. The third-order valence-corrected chi connectivity index (χ3v) is 3.46. The maximum absolute atomic E-state index is 12.0. The number of nitrogens with zero attached hydrogens (tertiary/aromatic N) is 1. The summed E-state index contributed by atoms with van der Waals surface area (Å²) in [6.45, 7) is 9.41.